The fourth-order valence-electron chi connectivity index (χ4n) is 2.13. The number of aromatic nitrogens is 1. The van der Waals surface area contributed by atoms with Crippen molar-refractivity contribution in [3.8, 4) is 5.75 Å². The van der Waals surface area contributed by atoms with Crippen molar-refractivity contribution in [2.45, 2.75) is 32.8 Å². The standard InChI is InChI=1S/C16H18F3N3O2S/c1-10(12-4-6-14(7-5-12)24-16(17,18)19)20-15(23)22(3)8-13-9-25-11(2)21-13/h4-7,9-10H,8H2,1-3H3,(H,20,23). The van der Waals surface area contributed by atoms with Crippen LogP contribution in [0.15, 0.2) is 29.6 Å². The van der Waals surface area contributed by atoms with E-state index in [1.807, 2.05) is 12.3 Å². The topological polar surface area (TPSA) is 54.5 Å². The zero-order valence-corrected chi connectivity index (χ0v) is 14.7. The van der Waals surface area contributed by atoms with Crippen LogP contribution in [-0.4, -0.2) is 29.3 Å². The van der Waals surface area contributed by atoms with E-state index in [1.54, 1.807) is 14.0 Å². The van der Waals surface area contributed by atoms with Gasteiger partial charge in [0.15, 0.2) is 0 Å². The predicted molar refractivity (Wildman–Crippen MR) is 88.4 cm³/mol. The highest BCUT2D eigenvalue weighted by Crippen LogP contribution is 2.24. The number of nitrogens with one attached hydrogen (secondary N) is 1. The maximum atomic E-state index is 12.2. The van der Waals surface area contributed by atoms with Gasteiger partial charge in [-0.1, -0.05) is 12.1 Å². The van der Waals surface area contributed by atoms with E-state index in [0.717, 1.165) is 10.7 Å². The van der Waals surface area contributed by atoms with E-state index in [9.17, 15) is 18.0 Å². The van der Waals surface area contributed by atoms with Crippen LogP contribution in [0.1, 0.15) is 29.2 Å². The minimum Gasteiger partial charge on any atom is -0.406 e. The first-order chi connectivity index (χ1) is 11.6. The van der Waals surface area contributed by atoms with Crippen LogP contribution in [0.5, 0.6) is 5.75 Å². The second-order valence-corrected chi connectivity index (χ2v) is 6.56. The molecule has 0 aliphatic rings. The Hall–Kier alpha value is -2.29. The number of benzene rings is 1. The van der Waals surface area contributed by atoms with Crippen molar-refractivity contribution < 1.29 is 22.7 Å². The van der Waals surface area contributed by atoms with Crippen molar-refractivity contribution in [1.29, 1.82) is 0 Å². The minimum atomic E-state index is -4.72. The number of thiazole rings is 1. The Morgan fingerprint density at radius 3 is 2.52 bits per heavy atom. The van der Waals surface area contributed by atoms with Gasteiger partial charge in [0.2, 0.25) is 0 Å². The van der Waals surface area contributed by atoms with E-state index in [-0.39, 0.29) is 17.8 Å². The number of amides is 2. The summed E-state index contributed by atoms with van der Waals surface area (Å²) in [4.78, 5) is 18.0. The van der Waals surface area contributed by atoms with Gasteiger partial charge >= 0.3 is 12.4 Å². The SMILES string of the molecule is Cc1nc(CN(C)C(=O)NC(C)c2ccc(OC(F)(F)F)cc2)cs1. The van der Waals surface area contributed by atoms with Gasteiger partial charge in [-0.3, -0.25) is 0 Å². The zero-order valence-electron chi connectivity index (χ0n) is 13.9. The molecule has 9 heteroatoms. The molecule has 5 nitrogen and oxygen atoms in total. The third kappa shape index (κ3) is 5.93. The van der Waals surface area contributed by atoms with Gasteiger partial charge in [0, 0.05) is 12.4 Å². The number of aryl methyl sites for hydroxylation is 1. The number of carbonyl (C=O) groups excluding carboxylic acids is 1. The Kier molecular flexibility index (Phi) is 5.89. The van der Waals surface area contributed by atoms with Crippen LogP contribution in [0.2, 0.25) is 0 Å². The Morgan fingerprint density at radius 1 is 1.36 bits per heavy atom. The van der Waals surface area contributed by atoms with Crippen molar-refractivity contribution in [3.05, 3.63) is 45.9 Å². The van der Waals surface area contributed by atoms with Crippen LogP contribution in [0.4, 0.5) is 18.0 Å². The molecule has 0 fully saturated rings. The molecule has 2 aromatic rings. The van der Waals surface area contributed by atoms with Crippen LogP contribution >= 0.6 is 11.3 Å². The Balaban J connectivity index is 1.91. The van der Waals surface area contributed by atoms with E-state index < -0.39 is 6.36 Å². The van der Waals surface area contributed by atoms with Crippen LogP contribution < -0.4 is 10.1 Å². The number of ether oxygens (including phenoxy) is 1. The molecule has 25 heavy (non-hydrogen) atoms. The summed E-state index contributed by atoms with van der Waals surface area (Å²) in [6.07, 6.45) is -4.72. The van der Waals surface area contributed by atoms with E-state index in [4.69, 9.17) is 0 Å². The maximum Gasteiger partial charge on any atom is 0.573 e. The van der Waals surface area contributed by atoms with Crippen LogP contribution in [0.25, 0.3) is 0 Å². The zero-order chi connectivity index (χ0) is 18.6. The van der Waals surface area contributed by atoms with Crippen molar-refractivity contribution in [3.63, 3.8) is 0 Å². The second kappa shape index (κ2) is 7.73. The average Bonchev–Trinajstić information content (AvgIpc) is 2.91. The smallest absolute Gasteiger partial charge is 0.406 e. The molecule has 0 radical (unpaired) electrons. The fourth-order valence-corrected chi connectivity index (χ4v) is 2.74. The van der Waals surface area contributed by atoms with Crippen LogP contribution in [-0.2, 0) is 6.54 Å². The fraction of sp³-hybridized carbons (Fsp3) is 0.375. The summed E-state index contributed by atoms with van der Waals surface area (Å²) in [7, 11) is 1.65. The third-order valence-corrected chi connectivity index (χ3v) is 4.19. The summed E-state index contributed by atoms with van der Waals surface area (Å²) >= 11 is 1.51. The van der Waals surface area contributed by atoms with E-state index in [0.29, 0.717) is 12.1 Å². The summed E-state index contributed by atoms with van der Waals surface area (Å²) in [6.45, 7) is 4.02. The largest absolute Gasteiger partial charge is 0.573 e. The average molecular weight is 373 g/mol. The molecule has 0 saturated carbocycles. The highest BCUT2D eigenvalue weighted by Gasteiger charge is 2.31. The van der Waals surface area contributed by atoms with Gasteiger partial charge < -0.3 is 15.0 Å². The molecule has 1 aromatic carbocycles. The monoisotopic (exact) mass is 373 g/mol. The minimum absolute atomic E-state index is 0.297. The number of halogens is 3. The van der Waals surface area contributed by atoms with Crippen molar-refractivity contribution in [1.82, 2.24) is 15.2 Å². The molecule has 0 spiro atoms. The lowest BCUT2D eigenvalue weighted by atomic mass is 10.1. The molecule has 1 aromatic heterocycles. The normalized spacial score (nSPS) is 12.6. The first kappa shape index (κ1) is 19.0. The summed E-state index contributed by atoms with van der Waals surface area (Å²) in [5.74, 6) is -0.300. The second-order valence-electron chi connectivity index (χ2n) is 5.50. The van der Waals surface area contributed by atoms with Crippen molar-refractivity contribution >= 4 is 17.4 Å². The van der Waals surface area contributed by atoms with Crippen LogP contribution in [0.3, 0.4) is 0 Å². The Morgan fingerprint density at radius 2 is 2.00 bits per heavy atom. The number of rotatable bonds is 5. The van der Waals surface area contributed by atoms with Gasteiger partial charge in [0.25, 0.3) is 0 Å². The number of hydrogen-bond donors (Lipinski definition) is 1. The molecule has 136 valence electrons. The molecule has 1 N–H and O–H groups in total. The molecule has 0 bridgehead atoms. The molecule has 1 unspecified atom stereocenters. The predicted octanol–water partition coefficient (Wildman–Crippen LogP) is 4.25. The van der Waals surface area contributed by atoms with E-state index in [1.165, 1.54) is 40.5 Å². The molecule has 1 heterocycles. The summed E-state index contributed by atoms with van der Waals surface area (Å²) in [5, 5.41) is 5.61. The summed E-state index contributed by atoms with van der Waals surface area (Å²) < 4.78 is 40.3. The van der Waals surface area contributed by atoms with Crippen molar-refractivity contribution in [2.75, 3.05) is 7.05 Å². The van der Waals surface area contributed by atoms with Crippen LogP contribution in [0, 0.1) is 6.92 Å². The van der Waals surface area contributed by atoms with Gasteiger partial charge in [-0.2, -0.15) is 0 Å². The first-order valence-electron chi connectivity index (χ1n) is 7.42. The number of alkyl halides is 3. The third-order valence-electron chi connectivity index (χ3n) is 3.37. The number of hydrogen-bond acceptors (Lipinski definition) is 4. The molecule has 0 aliphatic heterocycles. The lowest BCUT2D eigenvalue weighted by molar-refractivity contribution is -0.274. The van der Waals surface area contributed by atoms with E-state index >= 15 is 0 Å². The number of carbonyl (C=O) groups is 1. The number of nitrogens with zero attached hydrogens (tertiary/aromatic N) is 2. The first-order valence-corrected chi connectivity index (χ1v) is 8.30. The van der Waals surface area contributed by atoms with Gasteiger partial charge in [-0.05, 0) is 31.5 Å². The van der Waals surface area contributed by atoms with Gasteiger partial charge in [0.1, 0.15) is 5.75 Å². The van der Waals surface area contributed by atoms with E-state index in [2.05, 4.69) is 15.0 Å². The molecule has 2 rings (SSSR count). The van der Waals surface area contributed by atoms with Crippen molar-refractivity contribution in [2.24, 2.45) is 0 Å². The molecule has 1 atom stereocenters. The highest BCUT2D eigenvalue weighted by atomic mass is 32.1. The lowest BCUT2D eigenvalue weighted by Crippen LogP contribution is -2.38. The molecule has 0 aliphatic carbocycles. The Bertz CT molecular complexity index is 716. The van der Waals surface area contributed by atoms with Gasteiger partial charge in [-0.25, -0.2) is 9.78 Å². The molecule has 0 saturated heterocycles. The Labute approximate surface area is 147 Å². The maximum absolute atomic E-state index is 12.2. The molecular formula is C16H18F3N3O2S. The van der Waals surface area contributed by atoms with Gasteiger partial charge in [-0.15, -0.1) is 24.5 Å². The number of urea groups is 1. The quantitative estimate of drug-likeness (QED) is 0.852. The summed E-state index contributed by atoms with van der Waals surface area (Å²) in [5.41, 5.74) is 1.47. The lowest BCUT2D eigenvalue weighted by Gasteiger charge is -2.21. The van der Waals surface area contributed by atoms with Gasteiger partial charge in [0.05, 0.1) is 23.3 Å². The summed E-state index contributed by atoms with van der Waals surface area (Å²) in [6, 6.07) is 4.73. The highest BCUT2D eigenvalue weighted by molar-refractivity contribution is 7.09. The molecule has 2 amide bonds. The molecular weight excluding hydrogens is 355 g/mol.